The Bertz CT molecular complexity index is 979. The van der Waals surface area contributed by atoms with Gasteiger partial charge in [-0.1, -0.05) is 25.1 Å². The number of hydrogen-bond acceptors (Lipinski definition) is 4. The van der Waals surface area contributed by atoms with Crippen molar-refractivity contribution in [3.63, 3.8) is 0 Å². The summed E-state index contributed by atoms with van der Waals surface area (Å²) in [4.78, 5) is 14.8. The molecule has 1 amide bonds. The number of aliphatic hydroxyl groups excluding tert-OH is 1. The topological polar surface area (TPSA) is 65.7 Å². The maximum atomic E-state index is 13.0. The molecular weight excluding hydrogens is 364 g/mol. The van der Waals surface area contributed by atoms with Gasteiger partial charge < -0.3 is 14.4 Å². The van der Waals surface area contributed by atoms with E-state index in [2.05, 4.69) is 11.4 Å². The molecule has 2 aromatic carbocycles. The highest BCUT2D eigenvalue weighted by Crippen LogP contribution is 2.31. The third-order valence-corrected chi connectivity index (χ3v) is 6.09. The molecule has 1 saturated carbocycles. The van der Waals surface area contributed by atoms with Crippen LogP contribution in [0.25, 0.3) is 22.1 Å². The Hall–Kier alpha value is -2.63. The molecular formula is C24H28N2O3. The number of furan rings is 1. The Morgan fingerprint density at radius 1 is 1.17 bits per heavy atom. The van der Waals surface area contributed by atoms with Crippen LogP contribution in [0.15, 0.2) is 59.2 Å². The second kappa shape index (κ2) is 8.39. The first kappa shape index (κ1) is 19.7. The van der Waals surface area contributed by atoms with Crippen LogP contribution in [-0.2, 0) is 0 Å². The molecule has 1 unspecified atom stereocenters. The summed E-state index contributed by atoms with van der Waals surface area (Å²) in [7, 11) is 1.87. The molecule has 5 nitrogen and oxygen atoms in total. The van der Waals surface area contributed by atoms with Gasteiger partial charge in [0.25, 0.3) is 5.91 Å². The zero-order chi connectivity index (χ0) is 20.4. The predicted octanol–water partition coefficient (Wildman–Crippen LogP) is 4.27. The van der Waals surface area contributed by atoms with Gasteiger partial charge in [0.15, 0.2) is 0 Å². The monoisotopic (exact) mass is 392 g/mol. The number of rotatable bonds is 6. The van der Waals surface area contributed by atoms with E-state index in [0.717, 1.165) is 47.9 Å². The van der Waals surface area contributed by atoms with E-state index in [0.29, 0.717) is 5.56 Å². The minimum atomic E-state index is -0.486. The molecule has 1 aliphatic carbocycles. The molecule has 0 radical (unpaired) electrons. The smallest absolute Gasteiger partial charge is 0.253 e. The number of carbonyl (C=O) groups excluding carboxylic acids is 1. The summed E-state index contributed by atoms with van der Waals surface area (Å²) in [6, 6.07) is 16.0. The average Bonchev–Trinajstić information content (AvgIpc) is 3.42. The number of hydrogen-bond donors (Lipinski definition) is 2. The zero-order valence-corrected chi connectivity index (χ0v) is 17.0. The minimum Gasteiger partial charge on any atom is -0.464 e. The van der Waals surface area contributed by atoms with Gasteiger partial charge in [-0.2, -0.15) is 0 Å². The van der Waals surface area contributed by atoms with Crippen molar-refractivity contribution >= 4 is 16.9 Å². The van der Waals surface area contributed by atoms with Gasteiger partial charge in [0, 0.05) is 30.0 Å². The van der Waals surface area contributed by atoms with Crippen LogP contribution in [0.1, 0.15) is 36.5 Å². The molecule has 0 aliphatic heterocycles. The summed E-state index contributed by atoms with van der Waals surface area (Å²) in [5.41, 5.74) is 3.73. The predicted molar refractivity (Wildman–Crippen MR) is 115 cm³/mol. The largest absolute Gasteiger partial charge is 0.464 e. The fourth-order valence-electron chi connectivity index (χ4n) is 4.33. The standard InChI is InChI=1S/C24H28N2O3/c1-3-25-23(27)20-8-10-21(15-20)26(2)24(28)17-6-4-16(5-7-17)18-9-11-22-19(14-18)12-13-29-22/h4-7,9,11-14,20-21,23,25,27H,3,8,10,15H2,1-2H3/t20-,21+,23?/m0/s1. The lowest BCUT2D eigenvalue weighted by molar-refractivity contribution is 0.0650. The van der Waals surface area contributed by atoms with Crippen molar-refractivity contribution < 1.29 is 14.3 Å². The number of nitrogens with one attached hydrogen (secondary N) is 1. The van der Waals surface area contributed by atoms with Crippen molar-refractivity contribution in [1.29, 1.82) is 0 Å². The first-order valence-electron chi connectivity index (χ1n) is 10.3. The number of nitrogens with zero attached hydrogens (tertiary/aromatic N) is 1. The quantitative estimate of drug-likeness (QED) is 0.615. The molecule has 5 heteroatoms. The third-order valence-electron chi connectivity index (χ3n) is 6.09. The number of fused-ring (bicyclic) bond motifs is 1. The van der Waals surface area contributed by atoms with Gasteiger partial charge in [-0.3, -0.25) is 10.1 Å². The normalized spacial score (nSPS) is 20.1. The Morgan fingerprint density at radius 2 is 1.93 bits per heavy atom. The Labute approximate surface area is 171 Å². The second-order valence-corrected chi connectivity index (χ2v) is 7.90. The molecule has 29 heavy (non-hydrogen) atoms. The van der Waals surface area contributed by atoms with Crippen LogP contribution in [0.2, 0.25) is 0 Å². The Kier molecular flexibility index (Phi) is 5.69. The maximum absolute atomic E-state index is 13.0. The molecule has 1 heterocycles. The summed E-state index contributed by atoms with van der Waals surface area (Å²) < 4.78 is 5.40. The van der Waals surface area contributed by atoms with Crippen LogP contribution in [0, 0.1) is 5.92 Å². The van der Waals surface area contributed by atoms with Gasteiger partial charge in [0.1, 0.15) is 11.8 Å². The molecule has 152 valence electrons. The molecule has 0 bridgehead atoms. The van der Waals surface area contributed by atoms with Crippen molar-refractivity contribution in [1.82, 2.24) is 10.2 Å². The first-order valence-corrected chi connectivity index (χ1v) is 10.3. The van der Waals surface area contributed by atoms with Crippen LogP contribution in [0.5, 0.6) is 0 Å². The SMILES string of the molecule is CCNC(O)[C@H]1CC[C@@H](N(C)C(=O)c2ccc(-c3ccc4occc4c3)cc2)C1. The van der Waals surface area contributed by atoms with Gasteiger partial charge in [0.2, 0.25) is 0 Å². The highest BCUT2D eigenvalue weighted by molar-refractivity contribution is 5.95. The van der Waals surface area contributed by atoms with E-state index in [-0.39, 0.29) is 17.9 Å². The van der Waals surface area contributed by atoms with Gasteiger partial charge in [-0.05, 0) is 67.3 Å². The Balaban J connectivity index is 1.43. The van der Waals surface area contributed by atoms with Crippen LogP contribution in [-0.4, -0.2) is 41.8 Å². The summed E-state index contributed by atoms with van der Waals surface area (Å²) in [5.74, 6) is 0.237. The van der Waals surface area contributed by atoms with Crippen LogP contribution < -0.4 is 5.32 Å². The lowest BCUT2D eigenvalue weighted by Gasteiger charge is -2.26. The molecule has 3 aromatic rings. The number of aliphatic hydroxyl groups is 1. The highest BCUT2D eigenvalue weighted by atomic mass is 16.3. The van der Waals surface area contributed by atoms with Crippen molar-refractivity contribution in [2.75, 3.05) is 13.6 Å². The fraction of sp³-hybridized carbons (Fsp3) is 0.375. The lowest BCUT2D eigenvalue weighted by Crippen LogP contribution is -2.38. The number of amides is 1. The maximum Gasteiger partial charge on any atom is 0.253 e. The van der Waals surface area contributed by atoms with Crippen LogP contribution in [0.4, 0.5) is 0 Å². The van der Waals surface area contributed by atoms with Gasteiger partial charge in [-0.25, -0.2) is 0 Å². The van der Waals surface area contributed by atoms with E-state index in [9.17, 15) is 9.90 Å². The van der Waals surface area contributed by atoms with Gasteiger partial charge >= 0.3 is 0 Å². The molecule has 0 spiro atoms. The van der Waals surface area contributed by atoms with Crippen molar-refractivity contribution in [3.05, 3.63) is 60.4 Å². The van der Waals surface area contributed by atoms with Crippen molar-refractivity contribution in [3.8, 4) is 11.1 Å². The third kappa shape index (κ3) is 4.07. The van der Waals surface area contributed by atoms with Crippen LogP contribution >= 0.6 is 0 Å². The minimum absolute atomic E-state index is 0.0328. The Morgan fingerprint density at radius 3 is 2.69 bits per heavy atom. The molecule has 1 aliphatic rings. The molecule has 0 saturated heterocycles. The van der Waals surface area contributed by atoms with E-state index in [1.165, 1.54) is 0 Å². The van der Waals surface area contributed by atoms with E-state index in [1.807, 2.05) is 61.3 Å². The van der Waals surface area contributed by atoms with Crippen molar-refractivity contribution in [2.45, 2.75) is 38.5 Å². The van der Waals surface area contributed by atoms with Crippen LogP contribution in [0.3, 0.4) is 0 Å². The molecule has 1 aromatic heterocycles. The van der Waals surface area contributed by atoms with E-state index in [4.69, 9.17) is 4.42 Å². The second-order valence-electron chi connectivity index (χ2n) is 7.90. The first-order chi connectivity index (χ1) is 14.1. The number of carbonyl (C=O) groups is 1. The highest BCUT2D eigenvalue weighted by Gasteiger charge is 2.33. The van der Waals surface area contributed by atoms with E-state index < -0.39 is 6.23 Å². The average molecular weight is 392 g/mol. The molecule has 3 atom stereocenters. The van der Waals surface area contributed by atoms with Gasteiger partial charge in [0.05, 0.1) is 6.26 Å². The summed E-state index contributed by atoms with van der Waals surface area (Å²) in [5, 5.41) is 14.3. The number of benzene rings is 2. The summed E-state index contributed by atoms with van der Waals surface area (Å²) >= 11 is 0. The summed E-state index contributed by atoms with van der Waals surface area (Å²) in [6.07, 6.45) is 3.90. The van der Waals surface area contributed by atoms with Crippen molar-refractivity contribution in [2.24, 2.45) is 5.92 Å². The molecule has 1 fully saturated rings. The van der Waals surface area contributed by atoms with E-state index >= 15 is 0 Å². The summed E-state index contributed by atoms with van der Waals surface area (Å²) in [6.45, 7) is 2.74. The lowest BCUT2D eigenvalue weighted by atomic mass is 10.0. The fourth-order valence-corrected chi connectivity index (χ4v) is 4.33. The van der Waals surface area contributed by atoms with E-state index in [1.54, 1.807) is 6.26 Å². The van der Waals surface area contributed by atoms with Gasteiger partial charge in [-0.15, -0.1) is 0 Å². The molecule has 2 N–H and O–H groups in total. The molecule has 4 rings (SSSR count). The zero-order valence-electron chi connectivity index (χ0n) is 17.0.